The summed E-state index contributed by atoms with van der Waals surface area (Å²) in [5, 5.41) is 26.1. The van der Waals surface area contributed by atoms with Crippen LogP contribution in [-0.4, -0.2) is 26.8 Å². The summed E-state index contributed by atoms with van der Waals surface area (Å²) >= 11 is 0. The lowest BCUT2D eigenvalue weighted by Crippen LogP contribution is -2.10. The van der Waals surface area contributed by atoms with Crippen LogP contribution in [0.2, 0.25) is 0 Å². The molecule has 31 heavy (non-hydrogen) atoms. The molecule has 0 unspecified atom stereocenters. The molecule has 0 radical (unpaired) electrons. The summed E-state index contributed by atoms with van der Waals surface area (Å²) in [6, 6.07) is 17.8. The highest BCUT2D eigenvalue weighted by atomic mass is 16.3. The van der Waals surface area contributed by atoms with Crippen LogP contribution >= 0.6 is 0 Å². The number of nitrogens with two attached hydrogens (primary N) is 1. The molecule has 154 valence electrons. The Morgan fingerprint density at radius 3 is 2.74 bits per heavy atom. The van der Waals surface area contributed by atoms with Crippen LogP contribution in [0.15, 0.2) is 67.0 Å². The molecule has 2 aromatic heterocycles. The first-order valence-corrected chi connectivity index (χ1v) is 9.45. The number of nitrogens with one attached hydrogen (secondary N) is 1. The van der Waals surface area contributed by atoms with Crippen LogP contribution in [0.1, 0.15) is 32.7 Å². The molecule has 0 saturated heterocycles. The number of nitriles is 1. The van der Waals surface area contributed by atoms with Crippen LogP contribution < -0.4 is 5.73 Å². The summed E-state index contributed by atoms with van der Waals surface area (Å²) in [6.45, 7) is 2.83. The van der Waals surface area contributed by atoms with E-state index in [1.165, 1.54) is 30.0 Å². The van der Waals surface area contributed by atoms with Crippen LogP contribution in [0.25, 0.3) is 10.9 Å². The Bertz CT molecular complexity index is 1300. The van der Waals surface area contributed by atoms with Crippen molar-refractivity contribution >= 4 is 23.0 Å². The van der Waals surface area contributed by atoms with Crippen LogP contribution in [0.3, 0.4) is 0 Å². The number of carbonyl (C=O) groups is 1. The van der Waals surface area contributed by atoms with Gasteiger partial charge in [0, 0.05) is 40.6 Å². The third-order valence-corrected chi connectivity index (χ3v) is 4.71. The van der Waals surface area contributed by atoms with E-state index in [-0.39, 0.29) is 16.9 Å². The average Bonchev–Trinajstić information content (AvgIpc) is 3.17. The number of hydrogen-bond acceptors (Lipinski definition) is 5. The minimum atomic E-state index is -0.619. The van der Waals surface area contributed by atoms with Gasteiger partial charge in [-0.15, -0.1) is 0 Å². The molecule has 0 aliphatic heterocycles. The van der Waals surface area contributed by atoms with Gasteiger partial charge in [-0.1, -0.05) is 12.1 Å². The molecule has 0 saturated carbocycles. The molecule has 4 rings (SSSR count). The fraction of sp³-hybridized carbons (Fsp3) is 0.0833. The van der Waals surface area contributed by atoms with E-state index in [2.05, 4.69) is 40.9 Å². The highest BCUT2D eigenvalue weighted by Crippen LogP contribution is 2.20. The predicted octanol–water partition coefficient (Wildman–Crippen LogP) is 3.75. The standard InChI is InChI=1S/C16H15N3.C8H6N2O2/c1-12-5-7-18-14(9-12)11-19-8-6-15-13(10-17)3-2-4-16(15)19;9-4-6-3-5(8(10)12)1-2-7(6)11/h2-10,17H,11H2,1H3;1-3,11H,(H2,10,12). The Labute approximate surface area is 179 Å². The van der Waals surface area contributed by atoms with Gasteiger partial charge in [-0.3, -0.25) is 9.78 Å². The topological polar surface area (TPSA) is 129 Å². The van der Waals surface area contributed by atoms with Gasteiger partial charge in [-0.2, -0.15) is 5.26 Å². The normalized spacial score (nSPS) is 10.1. The van der Waals surface area contributed by atoms with Crippen molar-refractivity contribution in [3.8, 4) is 11.8 Å². The number of hydrogen-bond donors (Lipinski definition) is 3. The van der Waals surface area contributed by atoms with Gasteiger partial charge in [-0.05, 0) is 55.0 Å². The van der Waals surface area contributed by atoms with Gasteiger partial charge < -0.3 is 20.8 Å². The molecule has 7 nitrogen and oxygen atoms in total. The Balaban J connectivity index is 0.000000196. The highest BCUT2D eigenvalue weighted by molar-refractivity contribution is 5.98. The van der Waals surface area contributed by atoms with Gasteiger partial charge in [0.15, 0.2) is 0 Å². The summed E-state index contributed by atoms with van der Waals surface area (Å²) < 4.78 is 2.17. The molecule has 4 aromatic rings. The number of rotatable bonds is 4. The Morgan fingerprint density at radius 1 is 1.26 bits per heavy atom. The van der Waals surface area contributed by atoms with E-state index >= 15 is 0 Å². The van der Waals surface area contributed by atoms with E-state index in [4.69, 9.17) is 21.5 Å². The fourth-order valence-electron chi connectivity index (χ4n) is 3.15. The molecule has 0 bridgehead atoms. The average molecular weight is 411 g/mol. The van der Waals surface area contributed by atoms with Crippen molar-refractivity contribution < 1.29 is 9.90 Å². The van der Waals surface area contributed by atoms with Gasteiger partial charge >= 0.3 is 0 Å². The molecule has 1 amide bonds. The van der Waals surface area contributed by atoms with E-state index in [9.17, 15) is 4.79 Å². The van der Waals surface area contributed by atoms with Crippen molar-refractivity contribution in [2.75, 3.05) is 0 Å². The predicted molar refractivity (Wildman–Crippen MR) is 119 cm³/mol. The quantitative estimate of drug-likeness (QED) is 0.442. The number of primary amides is 1. The Kier molecular flexibility index (Phi) is 6.43. The first-order valence-electron chi connectivity index (χ1n) is 9.45. The van der Waals surface area contributed by atoms with Crippen molar-refractivity contribution in [3.63, 3.8) is 0 Å². The van der Waals surface area contributed by atoms with E-state index in [1.54, 1.807) is 6.07 Å². The molecule has 0 aliphatic carbocycles. The summed E-state index contributed by atoms with van der Waals surface area (Å²) in [5.41, 5.74) is 9.59. The monoisotopic (exact) mass is 411 g/mol. The molecule has 0 atom stereocenters. The minimum Gasteiger partial charge on any atom is -0.507 e. The van der Waals surface area contributed by atoms with Gasteiger partial charge in [-0.25, -0.2) is 0 Å². The third kappa shape index (κ3) is 4.95. The second kappa shape index (κ2) is 9.37. The lowest BCUT2D eigenvalue weighted by atomic mass is 10.1. The first-order chi connectivity index (χ1) is 14.9. The van der Waals surface area contributed by atoms with Gasteiger partial charge in [0.1, 0.15) is 11.8 Å². The van der Waals surface area contributed by atoms with Crippen molar-refractivity contribution in [1.29, 1.82) is 10.7 Å². The number of amides is 1. The molecular weight excluding hydrogens is 390 g/mol. The van der Waals surface area contributed by atoms with Crippen molar-refractivity contribution in [3.05, 3.63) is 94.9 Å². The van der Waals surface area contributed by atoms with Crippen LogP contribution in [0.4, 0.5) is 0 Å². The molecule has 7 heteroatoms. The number of phenols is 1. The summed E-state index contributed by atoms with van der Waals surface area (Å²) in [5.74, 6) is -0.769. The number of nitrogens with zero attached hydrogens (tertiary/aromatic N) is 3. The van der Waals surface area contributed by atoms with E-state index < -0.39 is 5.91 Å². The zero-order valence-corrected chi connectivity index (χ0v) is 16.9. The largest absolute Gasteiger partial charge is 0.507 e. The Hall–Kier alpha value is -4.44. The summed E-state index contributed by atoms with van der Waals surface area (Å²) in [4.78, 5) is 15.0. The maximum atomic E-state index is 10.6. The highest BCUT2D eigenvalue weighted by Gasteiger charge is 2.06. The minimum absolute atomic E-state index is 0.0475. The molecule has 0 aliphatic rings. The number of phenolic OH excluding ortho intramolecular Hbond substituents is 1. The number of carbonyl (C=O) groups excluding carboxylic acids is 1. The number of fused-ring (bicyclic) bond motifs is 1. The van der Waals surface area contributed by atoms with Gasteiger partial charge in [0.25, 0.3) is 0 Å². The van der Waals surface area contributed by atoms with Crippen LogP contribution in [0, 0.1) is 23.7 Å². The van der Waals surface area contributed by atoms with E-state index in [1.807, 2.05) is 24.4 Å². The third-order valence-electron chi connectivity index (χ3n) is 4.71. The number of benzene rings is 2. The zero-order chi connectivity index (χ0) is 22.4. The molecule has 0 fully saturated rings. The van der Waals surface area contributed by atoms with Crippen molar-refractivity contribution in [2.45, 2.75) is 13.5 Å². The molecular formula is C24H21N5O2. The van der Waals surface area contributed by atoms with Crippen LogP contribution in [0.5, 0.6) is 5.75 Å². The first kappa shape index (κ1) is 21.3. The van der Waals surface area contributed by atoms with E-state index in [0.717, 1.165) is 28.7 Å². The molecule has 0 spiro atoms. The van der Waals surface area contributed by atoms with Crippen molar-refractivity contribution in [1.82, 2.24) is 9.55 Å². The maximum absolute atomic E-state index is 10.6. The SMILES string of the molecule is Cc1ccnc(Cn2ccc3c(C=N)cccc32)c1.N#Cc1cc(C(N)=O)ccc1O. The van der Waals surface area contributed by atoms with Crippen LogP contribution in [-0.2, 0) is 6.54 Å². The maximum Gasteiger partial charge on any atom is 0.248 e. The number of aromatic hydroxyl groups is 1. The fourth-order valence-corrected chi connectivity index (χ4v) is 3.15. The zero-order valence-electron chi connectivity index (χ0n) is 16.9. The lowest BCUT2D eigenvalue weighted by molar-refractivity contribution is 0.1000. The lowest BCUT2D eigenvalue weighted by Gasteiger charge is -2.06. The van der Waals surface area contributed by atoms with Gasteiger partial charge in [0.2, 0.25) is 5.91 Å². The number of aromatic nitrogens is 2. The summed E-state index contributed by atoms with van der Waals surface area (Å²) in [6.07, 6.45) is 5.30. The van der Waals surface area contributed by atoms with Crippen molar-refractivity contribution in [2.24, 2.45) is 5.73 Å². The van der Waals surface area contributed by atoms with E-state index in [0.29, 0.717) is 0 Å². The molecule has 2 aromatic carbocycles. The Morgan fingerprint density at radius 2 is 2.06 bits per heavy atom. The molecule has 4 N–H and O–H groups in total. The van der Waals surface area contributed by atoms with Gasteiger partial charge in [0.05, 0.1) is 17.8 Å². The number of aryl methyl sites for hydroxylation is 1. The second-order valence-corrected chi connectivity index (χ2v) is 6.90. The molecule has 2 heterocycles. The second-order valence-electron chi connectivity index (χ2n) is 6.90. The number of pyridine rings is 1. The summed E-state index contributed by atoms with van der Waals surface area (Å²) in [7, 11) is 0. The smallest absolute Gasteiger partial charge is 0.248 e.